The van der Waals surface area contributed by atoms with Crippen LogP contribution in [0.5, 0.6) is 5.75 Å². The second-order valence-corrected chi connectivity index (χ2v) is 4.58. The maximum absolute atomic E-state index is 14.2. The summed E-state index contributed by atoms with van der Waals surface area (Å²) in [6, 6.07) is 7.03. The zero-order chi connectivity index (χ0) is 15.1. The highest BCUT2D eigenvalue weighted by Gasteiger charge is 2.10. The first-order valence-corrected chi connectivity index (χ1v) is 6.78. The zero-order valence-electron chi connectivity index (χ0n) is 12.3. The minimum absolute atomic E-state index is 0.249. The van der Waals surface area contributed by atoms with Crippen molar-refractivity contribution >= 4 is 0 Å². The maximum Gasteiger partial charge on any atom is 0.170 e. The van der Waals surface area contributed by atoms with Crippen molar-refractivity contribution in [3.63, 3.8) is 0 Å². The average molecular weight is 293 g/mol. The van der Waals surface area contributed by atoms with E-state index >= 15 is 0 Å². The minimum Gasteiger partial charge on any atom is -0.494 e. The Bertz CT molecular complexity index is 572. The number of hydrogen-bond donors (Lipinski definition) is 1. The quantitative estimate of drug-likeness (QED) is 0.754. The van der Waals surface area contributed by atoms with Crippen LogP contribution in [0.1, 0.15) is 11.3 Å². The van der Waals surface area contributed by atoms with E-state index in [1.165, 1.54) is 7.11 Å². The molecular formula is C15H20FN3O2. The van der Waals surface area contributed by atoms with Crippen LogP contribution in [0.15, 0.2) is 30.5 Å². The number of hydrogen-bond acceptors (Lipinski definition) is 4. The molecule has 6 heteroatoms. The summed E-state index contributed by atoms with van der Waals surface area (Å²) >= 11 is 0. The molecule has 0 atom stereocenters. The molecule has 0 fully saturated rings. The van der Waals surface area contributed by atoms with Crippen molar-refractivity contribution in [2.75, 3.05) is 27.4 Å². The third kappa shape index (κ3) is 4.03. The van der Waals surface area contributed by atoms with E-state index in [1.807, 2.05) is 6.07 Å². The molecule has 5 nitrogen and oxygen atoms in total. The van der Waals surface area contributed by atoms with E-state index in [0.717, 1.165) is 12.2 Å². The fraction of sp³-hybridized carbons (Fsp3) is 0.400. The lowest BCUT2D eigenvalue weighted by molar-refractivity contribution is 0.199. The third-order valence-electron chi connectivity index (χ3n) is 3.18. The molecule has 0 saturated heterocycles. The molecule has 1 N–H and O–H groups in total. The molecule has 0 spiro atoms. The van der Waals surface area contributed by atoms with Crippen LogP contribution in [0, 0.1) is 5.82 Å². The minimum atomic E-state index is -0.339. The molecule has 1 heterocycles. The molecule has 0 saturated carbocycles. The maximum atomic E-state index is 14.2. The molecule has 21 heavy (non-hydrogen) atoms. The first-order chi connectivity index (χ1) is 10.3. The summed E-state index contributed by atoms with van der Waals surface area (Å²) in [7, 11) is 3.12. The fourth-order valence-corrected chi connectivity index (χ4v) is 2.04. The molecule has 0 bridgehead atoms. The average Bonchev–Trinajstić information content (AvgIpc) is 2.93. The van der Waals surface area contributed by atoms with Crippen molar-refractivity contribution in [1.29, 1.82) is 0 Å². The van der Waals surface area contributed by atoms with Gasteiger partial charge in [0.25, 0.3) is 0 Å². The summed E-state index contributed by atoms with van der Waals surface area (Å²) in [4.78, 5) is 0. The first-order valence-electron chi connectivity index (χ1n) is 6.78. The van der Waals surface area contributed by atoms with Crippen LogP contribution in [0.3, 0.4) is 0 Å². The molecule has 0 amide bonds. The van der Waals surface area contributed by atoms with Gasteiger partial charge in [-0.1, -0.05) is 12.1 Å². The van der Waals surface area contributed by atoms with E-state index in [1.54, 1.807) is 36.2 Å². The number of ether oxygens (including phenoxy) is 2. The summed E-state index contributed by atoms with van der Waals surface area (Å²) in [6.45, 7) is 2.44. The van der Waals surface area contributed by atoms with Gasteiger partial charge in [-0.05, 0) is 12.1 Å². The third-order valence-corrected chi connectivity index (χ3v) is 3.18. The lowest BCUT2D eigenvalue weighted by Gasteiger charge is -2.11. The van der Waals surface area contributed by atoms with E-state index in [0.29, 0.717) is 25.3 Å². The lowest BCUT2D eigenvalue weighted by atomic mass is 10.2. The SMILES string of the molecule is COCCNCc1ccnn1Cc1cccc(OC)c1F. The highest BCUT2D eigenvalue weighted by atomic mass is 19.1. The van der Waals surface area contributed by atoms with Gasteiger partial charge in [0.15, 0.2) is 11.6 Å². The molecule has 0 aliphatic rings. The second-order valence-electron chi connectivity index (χ2n) is 4.58. The van der Waals surface area contributed by atoms with Crippen LogP contribution in [0.4, 0.5) is 4.39 Å². The van der Waals surface area contributed by atoms with Crippen LogP contribution < -0.4 is 10.1 Å². The Balaban J connectivity index is 2.05. The Morgan fingerprint density at radius 1 is 1.29 bits per heavy atom. The topological polar surface area (TPSA) is 48.3 Å². The zero-order valence-corrected chi connectivity index (χ0v) is 12.3. The molecule has 2 rings (SSSR count). The summed E-state index contributed by atoms with van der Waals surface area (Å²) in [5.74, 6) is -0.0896. The molecule has 114 valence electrons. The van der Waals surface area contributed by atoms with Gasteiger partial charge in [0.1, 0.15) is 0 Å². The summed E-state index contributed by atoms with van der Waals surface area (Å²) in [6.07, 6.45) is 1.71. The van der Waals surface area contributed by atoms with Gasteiger partial charge >= 0.3 is 0 Å². The van der Waals surface area contributed by atoms with Gasteiger partial charge in [0, 0.05) is 32.0 Å². The Morgan fingerprint density at radius 3 is 2.90 bits per heavy atom. The van der Waals surface area contributed by atoms with Crippen molar-refractivity contribution in [3.8, 4) is 5.75 Å². The number of nitrogens with zero attached hydrogens (tertiary/aromatic N) is 2. The Hall–Kier alpha value is -1.92. The molecule has 1 aromatic heterocycles. The number of methoxy groups -OCH3 is 2. The van der Waals surface area contributed by atoms with Gasteiger partial charge in [-0.3, -0.25) is 4.68 Å². The molecule has 2 aromatic rings. The predicted octanol–water partition coefficient (Wildman–Crippen LogP) is 1.82. The highest BCUT2D eigenvalue weighted by molar-refractivity contribution is 5.31. The summed E-state index contributed by atoms with van der Waals surface area (Å²) in [5, 5.41) is 7.49. The van der Waals surface area contributed by atoms with Gasteiger partial charge in [-0.15, -0.1) is 0 Å². The van der Waals surface area contributed by atoms with Gasteiger partial charge in [0.05, 0.1) is 26.0 Å². The van der Waals surface area contributed by atoms with Gasteiger partial charge in [-0.2, -0.15) is 5.10 Å². The monoisotopic (exact) mass is 293 g/mol. The van der Waals surface area contributed by atoms with Crippen LogP contribution in [0.25, 0.3) is 0 Å². The standard InChI is InChI=1S/C15H20FN3O2/c1-20-9-8-17-10-13-6-7-18-19(13)11-12-4-3-5-14(21-2)15(12)16/h3-7,17H,8-11H2,1-2H3. The van der Waals surface area contributed by atoms with E-state index in [-0.39, 0.29) is 11.6 Å². The molecule has 0 aliphatic heterocycles. The predicted molar refractivity (Wildman–Crippen MR) is 77.9 cm³/mol. The smallest absolute Gasteiger partial charge is 0.170 e. The second kappa shape index (κ2) is 7.75. The van der Waals surface area contributed by atoms with Crippen LogP contribution >= 0.6 is 0 Å². The van der Waals surface area contributed by atoms with Crippen molar-refractivity contribution in [1.82, 2.24) is 15.1 Å². The van der Waals surface area contributed by atoms with Crippen molar-refractivity contribution < 1.29 is 13.9 Å². The largest absolute Gasteiger partial charge is 0.494 e. The van der Waals surface area contributed by atoms with Gasteiger partial charge in [0.2, 0.25) is 0 Å². The van der Waals surface area contributed by atoms with E-state index in [2.05, 4.69) is 10.4 Å². The Morgan fingerprint density at radius 2 is 2.14 bits per heavy atom. The number of benzene rings is 1. The fourth-order valence-electron chi connectivity index (χ4n) is 2.04. The normalized spacial score (nSPS) is 10.8. The van der Waals surface area contributed by atoms with Crippen molar-refractivity contribution in [3.05, 3.63) is 47.5 Å². The first kappa shape index (κ1) is 15.5. The van der Waals surface area contributed by atoms with E-state index in [4.69, 9.17) is 9.47 Å². The summed E-state index contributed by atoms with van der Waals surface area (Å²) in [5.41, 5.74) is 1.55. The van der Waals surface area contributed by atoms with Gasteiger partial charge < -0.3 is 14.8 Å². The van der Waals surface area contributed by atoms with Crippen molar-refractivity contribution in [2.24, 2.45) is 0 Å². The number of aromatic nitrogens is 2. The van der Waals surface area contributed by atoms with Gasteiger partial charge in [-0.25, -0.2) is 4.39 Å². The molecule has 0 aliphatic carbocycles. The lowest BCUT2D eigenvalue weighted by Crippen LogP contribution is -2.21. The number of nitrogens with one attached hydrogen (secondary N) is 1. The Labute approximate surface area is 123 Å². The van der Waals surface area contributed by atoms with E-state index in [9.17, 15) is 4.39 Å². The van der Waals surface area contributed by atoms with Crippen LogP contribution in [0.2, 0.25) is 0 Å². The highest BCUT2D eigenvalue weighted by Crippen LogP contribution is 2.20. The van der Waals surface area contributed by atoms with Crippen molar-refractivity contribution in [2.45, 2.75) is 13.1 Å². The summed E-state index contributed by atoms with van der Waals surface area (Å²) < 4.78 is 25.9. The molecule has 0 unspecified atom stereocenters. The molecule has 0 radical (unpaired) electrons. The van der Waals surface area contributed by atoms with Crippen LogP contribution in [-0.4, -0.2) is 37.2 Å². The van der Waals surface area contributed by atoms with E-state index < -0.39 is 0 Å². The number of halogens is 1. The van der Waals surface area contributed by atoms with Crippen LogP contribution in [-0.2, 0) is 17.8 Å². The Kier molecular flexibility index (Phi) is 5.71. The molecule has 1 aromatic carbocycles. The molecular weight excluding hydrogens is 273 g/mol. The number of rotatable bonds is 8.